The van der Waals surface area contributed by atoms with Crippen LogP contribution in [0.1, 0.15) is 35.8 Å². The maximum absolute atomic E-state index is 13.4. The second kappa shape index (κ2) is 7.66. The third-order valence-corrected chi connectivity index (χ3v) is 6.11. The minimum atomic E-state index is -4.69. The number of carbonyl (C=O) groups excluding carboxylic acids is 3. The van der Waals surface area contributed by atoms with Crippen molar-refractivity contribution < 1.29 is 32.3 Å². The molecule has 2 aliphatic heterocycles. The normalized spacial score (nSPS) is 20.6. The van der Waals surface area contributed by atoms with E-state index in [9.17, 15) is 27.6 Å². The number of imidazole rings is 1. The maximum Gasteiger partial charge on any atom is 0.420 e. The number of amides is 3. The number of carbonyl (C=O) groups is 3. The number of rotatable bonds is 2. The SMILES string of the molecule is C[C@H]1OC(=O)N(C2CCN(C(=O)c3nc4c(C(F)(F)F)cc(Br)cn4c3Cl)CC2)C1=O. The average molecular weight is 524 g/mol. The van der Waals surface area contributed by atoms with Crippen LogP contribution in [-0.4, -0.2) is 62.3 Å². The monoisotopic (exact) mass is 522 g/mol. The van der Waals surface area contributed by atoms with Crippen molar-refractivity contribution in [3.05, 3.63) is 33.1 Å². The van der Waals surface area contributed by atoms with E-state index in [2.05, 4.69) is 20.9 Å². The molecule has 0 spiro atoms. The zero-order valence-electron chi connectivity index (χ0n) is 15.9. The Morgan fingerprint density at radius 1 is 1.29 bits per heavy atom. The largest absolute Gasteiger partial charge is 0.436 e. The van der Waals surface area contributed by atoms with Crippen LogP contribution in [0.25, 0.3) is 5.65 Å². The van der Waals surface area contributed by atoms with Crippen LogP contribution in [0.3, 0.4) is 0 Å². The van der Waals surface area contributed by atoms with Crippen LogP contribution in [0, 0.1) is 0 Å². The molecule has 4 heterocycles. The molecule has 0 aliphatic carbocycles. The number of ether oxygens (including phenoxy) is 1. The fraction of sp³-hybridized carbons (Fsp3) is 0.444. The number of halogens is 5. The number of cyclic esters (lactones) is 1. The second-order valence-electron chi connectivity index (χ2n) is 7.27. The number of imide groups is 1. The van der Waals surface area contributed by atoms with Crippen molar-refractivity contribution in [3.63, 3.8) is 0 Å². The highest BCUT2D eigenvalue weighted by Gasteiger charge is 2.43. The quantitative estimate of drug-likeness (QED) is 0.599. The van der Waals surface area contributed by atoms with Gasteiger partial charge in [-0.2, -0.15) is 13.2 Å². The number of nitrogens with zero attached hydrogens (tertiary/aromatic N) is 4. The van der Waals surface area contributed by atoms with Gasteiger partial charge in [-0.3, -0.25) is 14.0 Å². The standard InChI is InChI=1S/C18H15BrClF3N4O4/c1-8-15(28)27(17(30)31-8)10-2-4-25(5-3-10)16(29)12-13(20)26-7-9(19)6-11(14(26)24-12)18(21,22)23/h6-8,10H,2-5H2,1H3/t8-/m1/s1. The first kappa shape index (κ1) is 21.9. The van der Waals surface area contributed by atoms with Crippen LogP contribution < -0.4 is 0 Å². The molecule has 0 unspecified atom stereocenters. The Balaban J connectivity index is 1.57. The molecule has 2 aromatic rings. The Kier molecular flexibility index (Phi) is 5.41. The number of piperidine rings is 1. The molecular formula is C18H15BrClF3N4O4. The number of pyridine rings is 1. The summed E-state index contributed by atoms with van der Waals surface area (Å²) >= 11 is 9.22. The average Bonchev–Trinajstić information content (AvgIpc) is 3.16. The lowest BCUT2D eigenvalue weighted by atomic mass is 10.0. The first-order chi connectivity index (χ1) is 14.5. The Labute approximate surface area is 187 Å². The minimum absolute atomic E-state index is 0.128. The summed E-state index contributed by atoms with van der Waals surface area (Å²) in [6.45, 7) is 1.84. The van der Waals surface area contributed by atoms with Crippen molar-refractivity contribution in [2.24, 2.45) is 0 Å². The Bertz CT molecular complexity index is 1100. The smallest absolute Gasteiger partial charge is 0.420 e. The fourth-order valence-electron chi connectivity index (χ4n) is 3.78. The molecule has 0 aromatic carbocycles. The Hall–Kier alpha value is -2.34. The molecule has 0 N–H and O–H groups in total. The van der Waals surface area contributed by atoms with Gasteiger partial charge in [-0.1, -0.05) is 11.6 Å². The molecule has 31 heavy (non-hydrogen) atoms. The third kappa shape index (κ3) is 3.75. The molecule has 3 amide bonds. The lowest BCUT2D eigenvalue weighted by molar-refractivity contribution is -0.136. The van der Waals surface area contributed by atoms with Gasteiger partial charge in [-0.05, 0) is 41.8 Å². The molecule has 1 atom stereocenters. The highest BCUT2D eigenvalue weighted by molar-refractivity contribution is 9.10. The number of aromatic nitrogens is 2. The zero-order valence-corrected chi connectivity index (χ0v) is 18.3. The van der Waals surface area contributed by atoms with E-state index in [0.717, 1.165) is 15.4 Å². The number of fused-ring (bicyclic) bond motifs is 1. The highest BCUT2D eigenvalue weighted by Crippen LogP contribution is 2.36. The van der Waals surface area contributed by atoms with Crippen molar-refractivity contribution >= 4 is 51.1 Å². The van der Waals surface area contributed by atoms with E-state index in [4.69, 9.17) is 16.3 Å². The van der Waals surface area contributed by atoms with E-state index in [-0.39, 0.29) is 28.4 Å². The summed E-state index contributed by atoms with van der Waals surface area (Å²) in [5, 5.41) is -0.235. The predicted molar refractivity (Wildman–Crippen MR) is 105 cm³/mol. The minimum Gasteiger partial charge on any atom is -0.436 e. The maximum atomic E-state index is 13.4. The van der Waals surface area contributed by atoms with Crippen LogP contribution in [0.15, 0.2) is 16.7 Å². The summed E-state index contributed by atoms with van der Waals surface area (Å²) in [5.74, 6) is -1.05. The molecule has 0 bridgehead atoms. The molecule has 2 aromatic heterocycles. The van der Waals surface area contributed by atoms with E-state index in [0.29, 0.717) is 12.8 Å². The first-order valence-electron chi connectivity index (χ1n) is 9.26. The van der Waals surface area contributed by atoms with Gasteiger partial charge in [0.05, 0.1) is 5.56 Å². The molecule has 4 rings (SSSR count). The van der Waals surface area contributed by atoms with E-state index >= 15 is 0 Å². The molecule has 2 saturated heterocycles. The Morgan fingerprint density at radius 2 is 1.94 bits per heavy atom. The van der Waals surface area contributed by atoms with Crippen molar-refractivity contribution in [1.29, 1.82) is 0 Å². The lowest BCUT2D eigenvalue weighted by Crippen LogP contribution is -2.49. The second-order valence-corrected chi connectivity index (χ2v) is 8.55. The van der Waals surface area contributed by atoms with Crippen LogP contribution in [0.2, 0.25) is 5.15 Å². The number of alkyl halides is 3. The highest BCUT2D eigenvalue weighted by atomic mass is 79.9. The van der Waals surface area contributed by atoms with E-state index in [1.807, 2.05) is 0 Å². The van der Waals surface area contributed by atoms with Gasteiger partial charge < -0.3 is 9.64 Å². The summed E-state index contributed by atoms with van der Waals surface area (Å²) in [5.41, 5.74) is -1.80. The third-order valence-electron chi connectivity index (χ3n) is 5.31. The number of hydrogen-bond acceptors (Lipinski definition) is 5. The van der Waals surface area contributed by atoms with Gasteiger partial charge in [0, 0.05) is 29.8 Å². The molecule has 0 saturated carbocycles. The number of likely N-dealkylation sites (tertiary alicyclic amines) is 1. The summed E-state index contributed by atoms with van der Waals surface area (Å²) in [4.78, 5) is 43.3. The van der Waals surface area contributed by atoms with Gasteiger partial charge in [-0.25, -0.2) is 14.7 Å². The zero-order chi connectivity index (χ0) is 22.7. The molecule has 13 heteroatoms. The molecule has 8 nitrogen and oxygen atoms in total. The molecular weight excluding hydrogens is 509 g/mol. The van der Waals surface area contributed by atoms with Crippen LogP contribution in [0.4, 0.5) is 18.0 Å². The molecule has 0 radical (unpaired) electrons. The topological polar surface area (TPSA) is 84.2 Å². The van der Waals surface area contributed by atoms with Gasteiger partial charge in [0.25, 0.3) is 11.8 Å². The van der Waals surface area contributed by atoms with Gasteiger partial charge in [0.2, 0.25) is 0 Å². The lowest BCUT2D eigenvalue weighted by Gasteiger charge is -2.34. The predicted octanol–water partition coefficient (Wildman–Crippen LogP) is 3.74. The van der Waals surface area contributed by atoms with Crippen molar-refractivity contribution in [2.75, 3.05) is 13.1 Å². The fourth-order valence-corrected chi connectivity index (χ4v) is 4.46. The van der Waals surface area contributed by atoms with Gasteiger partial charge >= 0.3 is 12.3 Å². The summed E-state index contributed by atoms with van der Waals surface area (Å²) in [6.07, 6.45) is -4.32. The molecule has 166 valence electrons. The van der Waals surface area contributed by atoms with Crippen LogP contribution in [-0.2, 0) is 15.7 Å². The van der Waals surface area contributed by atoms with Gasteiger partial charge in [0.15, 0.2) is 17.4 Å². The van der Waals surface area contributed by atoms with Gasteiger partial charge in [0.1, 0.15) is 5.15 Å². The van der Waals surface area contributed by atoms with Crippen LogP contribution >= 0.6 is 27.5 Å². The van der Waals surface area contributed by atoms with Crippen molar-refractivity contribution in [1.82, 2.24) is 19.2 Å². The van der Waals surface area contributed by atoms with E-state index < -0.39 is 47.4 Å². The first-order valence-corrected chi connectivity index (χ1v) is 10.4. The van der Waals surface area contributed by atoms with Gasteiger partial charge in [-0.15, -0.1) is 0 Å². The molecule has 2 fully saturated rings. The summed E-state index contributed by atoms with van der Waals surface area (Å²) in [7, 11) is 0. The van der Waals surface area contributed by atoms with Crippen molar-refractivity contribution in [3.8, 4) is 0 Å². The van der Waals surface area contributed by atoms with E-state index in [1.165, 1.54) is 18.0 Å². The molecule has 2 aliphatic rings. The Morgan fingerprint density at radius 3 is 2.48 bits per heavy atom. The number of hydrogen-bond donors (Lipinski definition) is 0. The van der Waals surface area contributed by atoms with Crippen molar-refractivity contribution in [2.45, 2.75) is 38.1 Å². The van der Waals surface area contributed by atoms with E-state index in [1.54, 1.807) is 0 Å². The summed E-state index contributed by atoms with van der Waals surface area (Å²) in [6, 6.07) is 0.448. The summed E-state index contributed by atoms with van der Waals surface area (Å²) < 4.78 is 46.2. The van der Waals surface area contributed by atoms with Crippen LogP contribution in [0.5, 0.6) is 0 Å².